The van der Waals surface area contributed by atoms with Crippen molar-refractivity contribution in [2.45, 2.75) is 51.9 Å². The minimum atomic E-state index is -1.14. The van der Waals surface area contributed by atoms with Crippen LogP contribution in [0.2, 0.25) is 0 Å². The average molecular weight is 358 g/mol. The van der Waals surface area contributed by atoms with Crippen molar-refractivity contribution < 1.29 is 29.2 Å². The first kappa shape index (κ1) is 17.0. The first-order valence-electron chi connectivity index (χ1n) is 8.74. The number of aryl methyl sites for hydroxylation is 1. The van der Waals surface area contributed by atoms with Crippen molar-refractivity contribution in [2.75, 3.05) is 7.11 Å². The lowest BCUT2D eigenvalue weighted by atomic mass is 9.84. The van der Waals surface area contributed by atoms with E-state index in [9.17, 15) is 15.0 Å². The Balaban J connectivity index is 2.17. The molecule has 1 atom stereocenters. The van der Waals surface area contributed by atoms with Crippen molar-refractivity contribution in [1.29, 1.82) is 0 Å². The maximum Gasteiger partial charge on any atom is 0.345 e. The van der Waals surface area contributed by atoms with Crippen molar-refractivity contribution in [3.8, 4) is 17.2 Å². The molecule has 0 spiro atoms. The fourth-order valence-corrected chi connectivity index (χ4v) is 4.10. The first-order valence-corrected chi connectivity index (χ1v) is 8.74. The topological polar surface area (TPSA) is 85.2 Å². The number of esters is 1. The van der Waals surface area contributed by atoms with Crippen LogP contribution in [-0.2, 0) is 11.2 Å². The molecule has 1 heterocycles. The maximum atomic E-state index is 12.5. The molecule has 0 radical (unpaired) electrons. The molecule has 2 aliphatic rings. The molecule has 1 aliphatic carbocycles. The van der Waals surface area contributed by atoms with E-state index in [4.69, 9.17) is 14.2 Å². The van der Waals surface area contributed by atoms with Gasteiger partial charge in [-0.15, -0.1) is 0 Å². The van der Waals surface area contributed by atoms with Crippen LogP contribution >= 0.6 is 0 Å². The number of cyclic esters (lactones) is 1. The molecule has 2 aromatic carbocycles. The Hall–Kier alpha value is -2.47. The number of aromatic hydroxyl groups is 1. The number of aliphatic hydroxyl groups is 1. The van der Waals surface area contributed by atoms with Gasteiger partial charge >= 0.3 is 5.97 Å². The zero-order chi connectivity index (χ0) is 18.8. The second-order valence-electron chi connectivity index (χ2n) is 7.39. The summed E-state index contributed by atoms with van der Waals surface area (Å²) in [5.41, 5.74) is 2.25. The van der Waals surface area contributed by atoms with Gasteiger partial charge in [0.2, 0.25) is 5.79 Å². The minimum absolute atomic E-state index is 0.0382. The summed E-state index contributed by atoms with van der Waals surface area (Å²) in [4.78, 5) is 12.5. The lowest BCUT2D eigenvalue weighted by molar-refractivity contribution is -0.126. The number of ether oxygens (including phenoxy) is 3. The van der Waals surface area contributed by atoms with Gasteiger partial charge in [0.25, 0.3) is 0 Å². The number of fused-ring (bicyclic) bond motifs is 4. The van der Waals surface area contributed by atoms with Gasteiger partial charge in [-0.25, -0.2) is 4.79 Å². The Morgan fingerprint density at radius 2 is 2.04 bits per heavy atom. The summed E-state index contributed by atoms with van der Waals surface area (Å²) in [7, 11) is 1.54. The Bertz CT molecular complexity index is 944. The van der Waals surface area contributed by atoms with Crippen LogP contribution in [0.5, 0.6) is 17.2 Å². The maximum absolute atomic E-state index is 12.5. The summed E-state index contributed by atoms with van der Waals surface area (Å²) in [6, 6.07) is 1.78. The van der Waals surface area contributed by atoms with Gasteiger partial charge in [-0.05, 0) is 37.8 Å². The highest BCUT2D eigenvalue weighted by molar-refractivity contribution is 6.08. The van der Waals surface area contributed by atoms with E-state index in [1.54, 1.807) is 33.9 Å². The van der Waals surface area contributed by atoms with Gasteiger partial charge in [0.15, 0.2) is 5.75 Å². The highest BCUT2D eigenvalue weighted by Gasteiger charge is 2.39. The van der Waals surface area contributed by atoms with Crippen molar-refractivity contribution in [3.05, 3.63) is 28.3 Å². The molecule has 26 heavy (non-hydrogen) atoms. The van der Waals surface area contributed by atoms with Crippen molar-refractivity contribution >= 4 is 16.7 Å². The van der Waals surface area contributed by atoms with Gasteiger partial charge in [-0.2, -0.15) is 0 Å². The standard InChI is InChI=1S/C20H22O6/c1-9-8-11-15(18-13(9)19(23)26-20(2,3)25-18)16(22)10-6-5-7-12(21)14(10)17(11)24-4/h8,12,21-22H,5-7H2,1-4H3. The third-order valence-electron chi connectivity index (χ3n) is 5.15. The number of benzene rings is 2. The predicted octanol–water partition coefficient (Wildman–Crippen LogP) is 3.52. The van der Waals surface area contributed by atoms with Crippen LogP contribution in [0, 0.1) is 6.92 Å². The summed E-state index contributed by atoms with van der Waals surface area (Å²) >= 11 is 0. The molecule has 0 saturated heterocycles. The van der Waals surface area contributed by atoms with E-state index in [0.717, 1.165) is 6.42 Å². The molecule has 1 unspecified atom stereocenters. The quantitative estimate of drug-likeness (QED) is 0.759. The monoisotopic (exact) mass is 358 g/mol. The Labute approximate surface area is 151 Å². The first-order chi connectivity index (χ1) is 12.2. The summed E-state index contributed by atoms with van der Waals surface area (Å²) in [6.07, 6.45) is 1.32. The molecule has 138 valence electrons. The van der Waals surface area contributed by atoms with Gasteiger partial charge in [-0.3, -0.25) is 0 Å². The number of hydrogen-bond acceptors (Lipinski definition) is 6. The van der Waals surface area contributed by atoms with Crippen LogP contribution in [0.4, 0.5) is 0 Å². The van der Waals surface area contributed by atoms with Crippen LogP contribution < -0.4 is 9.47 Å². The molecule has 1 aliphatic heterocycles. The van der Waals surface area contributed by atoms with Crippen LogP contribution in [0.25, 0.3) is 10.8 Å². The van der Waals surface area contributed by atoms with Crippen molar-refractivity contribution in [1.82, 2.24) is 0 Å². The summed E-state index contributed by atoms with van der Waals surface area (Å²) < 4.78 is 16.9. The number of phenolic OH excluding ortho intramolecular Hbond substituents is 1. The van der Waals surface area contributed by atoms with E-state index in [0.29, 0.717) is 57.4 Å². The summed E-state index contributed by atoms with van der Waals surface area (Å²) in [6.45, 7) is 5.09. The molecule has 2 N–H and O–H groups in total. The van der Waals surface area contributed by atoms with Crippen molar-refractivity contribution in [2.24, 2.45) is 0 Å². The molecule has 0 bridgehead atoms. The highest BCUT2D eigenvalue weighted by Crippen LogP contribution is 2.52. The number of methoxy groups -OCH3 is 1. The molecule has 4 rings (SSSR count). The van der Waals surface area contributed by atoms with Gasteiger partial charge in [0.05, 0.1) is 18.6 Å². The SMILES string of the molecule is COc1c2c(c(O)c3c4c(c(C)cc13)C(=O)OC(C)(C)O4)CCCC2O. The van der Waals surface area contributed by atoms with Gasteiger partial charge < -0.3 is 24.4 Å². The van der Waals surface area contributed by atoms with Gasteiger partial charge in [0, 0.05) is 30.4 Å². The Morgan fingerprint density at radius 3 is 2.73 bits per heavy atom. The van der Waals surface area contributed by atoms with Crippen molar-refractivity contribution in [3.63, 3.8) is 0 Å². The lowest BCUT2D eigenvalue weighted by Gasteiger charge is -2.34. The summed E-state index contributed by atoms with van der Waals surface area (Å²) in [5, 5.41) is 22.6. The van der Waals surface area contributed by atoms with Crippen LogP contribution in [0.3, 0.4) is 0 Å². The lowest BCUT2D eigenvalue weighted by Crippen LogP contribution is -2.39. The predicted molar refractivity (Wildman–Crippen MR) is 94.9 cm³/mol. The third-order valence-corrected chi connectivity index (χ3v) is 5.15. The fraction of sp³-hybridized carbons (Fsp3) is 0.450. The van der Waals surface area contributed by atoms with Crippen LogP contribution in [0.1, 0.15) is 59.8 Å². The molecule has 2 aromatic rings. The molecule has 0 fully saturated rings. The Morgan fingerprint density at radius 1 is 1.31 bits per heavy atom. The molecule has 6 heteroatoms. The zero-order valence-electron chi connectivity index (χ0n) is 15.3. The van der Waals surface area contributed by atoms with E-state index < -0.39 is 17.9 Å². The molecular formula is C20H22O6. The molecule has 6 nitrogen and oxygen atoms in total. The third kappa shape index (κ3) is 2.25. The van der Waals surface area contributed by atoms with Crippen LogP contribution in [-0.4, -0.2) is 29.1 Å². The highest BCUT2D eigenvalue weighted by atomic mass is 16.7. The average Bonchev–Trinajstić information content (AvgIpc) is 2.54. The summed E-state index contributed by atoms with van der Waals surface area (Å²) in [5.74, 6) is -0.755. The number of hydrogen-bond donors (Lipinski definition) is 2. The van der Waals surface area contributed by atoms with E-state index in [1.165, 1.54) is 0 Å². The van der Waals surface area contributed by atoms with Gasteiger partial charge in [0.1, 0.15) is 17.1 Å². The minimum Gasteiger partial charge on any atom is -0.507 e. The second-order valence-corrected chi connectivity index (χ2v) is 7.39. The molecular weight excluding hydrogens is 336 g/mol. The van der Waals surface area contributed by atoms with E-state index in [-0.39, 0.29) is 5.75 Å². The molecule has 0 aromatic heterocycles. The number of carbonyl (C=O) groups is 1. The number of rotatable bonds is 1. The second kappa shape index (κ2) is 5.51. The van der Waals surface area contributed by atoms with Gasteiger partial charge in [-0.1, -0.05) is 0 Å². The number of carbonyl (C=O) groups excluding carboxylic acids is 1. The normalized spacial score (nSPS) is 20.8. The number of aliphatic hydroxyl groups excluding tert-OH is 1. The Kier molecular flexibility index (Phi) is 3.60. The van der Waals surface area contributed by atoms with E-state index in [2.05, 4.69) is 0 Å². The van der Waals surface area contributed by atoms with Crippen LogP contribution in [0.15, 0.2) is 6.07 Å². The molecule has 0 saturated carbocycles. The number of phenols is 1. The van der Waals surface area contributed by atoms with E-state index in [1.807, 2.05) is 0 Å². The zero-order valence-corrected chi connectivity index (χ0v) is 15.3. The van der Waals surface area contributed by atoms with E-state index >= 15 is 0 Å². The fourth-order valence-electron chi connectivity index (χ4n) is 4.10. The largest absolute Gasteiger partial charge is 0.507 e. The molecule has 0 amide bonds. The smallest absolute Gasteiger partial charge is 0.345 e.